The number of methoxy groups -OCH3 is 1. The highest BCUT2D eigenvalue weighted by Crippen LogP contribution is 2.10. The molecule has 2 atom stereocenters. The fourth-order valence-electron chi connectivity index (χ4n) is 1.86. The van der Waals surface area contributed by atoms with E-state index in [0.29, 0.717) is 6.61 Å². The van der Waals surface area contributed by atoms with Crippen LogP contribution in [-0.2, 0) is 9.53 Å². The highest BCUT2D eigenvalue weighted by molar-refractivity contribution is 5.78. The van der Waals surface area contributed by atoms with Crippen LogP contribution in [0.15, 0.2) is 0 Å². The van der Waals surface area contributed by atoms with E-state index in [9.17, 15) is 4.79 Å². The zero-order valence-electron chi connectivity index (χ0n) is 9.71. The van der Waals surface area contributed by atoms with E-state index in [1.165, 1.54) is 6.42 Å². The lowest BCUT2D eigenvalue weighted by molar-refractivity contribution is -0.126. The molecule has 1 heterocycles. The second kappa shape index (κ2) is 6.80. The summed E-state index contributed by atoms with van der Waals surface area (Å²) in [7, 11) is 1.62. The molecular weight excluding hydrogens is 192 g/mol. The Morgan fingerprint density at radius 3 is 3.07 bits per heavy atom. The smallest absolute Gasteiger partial charge is 0.225 e. The van der Waals surface area contributed by atoms with Gasteiger partial charge in [-0.3, -0.25) is 4.79 Å². The van der Waals surface area contributed by atoms with Gasteiger partial charge in [-0.05, 0) is 31.8 Å². The molecule has 4 heteroatoms. The van der Waals surface area contributed by atoms with Crippen molar-refractivity contribution in [2.45, 2.75) is 19.8 Å². The largest absolute Gasteiger partial charge is 0.384 e. The van der Waals surface area contributed by atoms with Gasteiger partial charge in [-0.15, -0.1) is 0 Å². The molecule has 1 aliphatic heterocycles. The molecule has 0 aliphatic carbocycles. The summed E-state index contributed by atoms with van der Waals surface area (Å²) in [6, 6.07) is 0. The Kier molecular flexibility index (Phi) is 5.65. The number of hydrogen-bond acceptors (Lipinski definition) is 3. The summed E-state index contributed by atoms with van der Waals surface area (Å²) >= 11 is 0. The first-order valence-electron chi connectivity index (χ1n) is 5.71. The zero-order chi connectivity index (χ0) is 11.1. The molecule has 15 heavy (non-hydrogen) atoms. The molecule has 0 saturated carbocycles. The topological polar surface area (TPSA) is 50.4 Å². The first-order chi connectivity index (χ1) is 7.24. The van der Waals surface area contributed by atoms with Crippen molar-refractivity contribution in [3.05, 3.63) is 0 Å². The summed E-state index contributed by atoms with van der Waals surface area (Å²) in [6.45, 7) is 5.40. The van der Waals surface area contributed by atoms with Gasteiger partial charge in [0.2, 0.25) is 5.91 Å². The van der Waals surface area contributed by atoms with Crippen molar-refractivity contribution >= 4 is 5.91 Å². The monoisotopic (exact) mass is 214 g/mol. The van der Waals surface area contributed by atoms with E-state index in [0.717, 1.165) is 32.0 Å². The minimum atomic E-state index is -0.0447. The van der Waals surface area contributed by atoms with Crippen molar-refractivity contribution in [3.8, 4) is 0 Å². The van der Waals surface area contributed by atoms with E-state index >= 15 is 0 Å². The van der Waals surface area contributed by atoms with Gasteiger partial charge in [-0.25, -0.2) is 0 Å². The Hall–Kier alpha value is -0.610. The van der Waals surface area contributed by atoms with Gasteiger partial charge in [0.25, 0.3) is 0 Å². The third-order valence-electron chi connectivity index (χ3n) is 2.88. The Bertz CT molecular complexity index is 191. The summed E-state index contributed by atoms with van der Waals surface area (Å²) in [5, 5.41) is 6.27. The predicted octanol–water partition coefficient (Wildman–Crippen LogP) is 0.385. The normalized spacial score (nSPS) is 22.7. The maximum absolute atomic E-state index is 11.5. The van der Waals surface area contributed by atoms with Gasteiger partial charge in [0.15, 0.2) is 0 Å². The number of carbonyl (C=O) groups is 1. The molecule has 88 valence electrons. The first-order valence-corrected chi connectivity index (χ1v) is 5.71. The quantitative estimate of drug-likeness (QED) is 0.672. The van der Waals surface area contributed by atoms with Crippen molar-refractivity contribution in [2.24, 2.45) is 11.8 Å². The molecule has 2 unspecified atom stereocenters. The molecule has 0 spiro atoms. The Morgan fingerprint density at radius 2 is 2.47 bits per heavy atom. The highest BCUT2D eigenvalue weighted by atomic mass is 16.5. The molecule has 0 radical (unpaired) electrons. The van der Waals surface area contributed by atoms with Crippen LogP contribution in [0.25, 0.3) is 0 Å². The van der Waals surface area contributed by atoms with E-state index in [-0.39, 0.29) is 11.8 Å². The standard InChI is InChI=1S/C11H22N2O2/c1-9(8-15-2)11(14)13-6-4-10-3-5-12-7-10/h9-10,12H,3-8H2,1-2H3,(H,13,14). The molecule has 0 aromatic rings. The third kappa shape index (κ3) is 4.62. The lowest BCUT2D eigenvalue weighted by Crippen LogP contribution is -2.33. The second-order valence-electron chi connectivity index (χ2n) is 4.29. The number of nitrogens with one attached hydrogen (secondary N) is 2. The van der Waals surface area contributed by atoms with Crippen LogP contribution in [-0.4, -0.2) is 39.3 Å². The van der Waals surface area contributed by atoms with Gasteiger partial charge < -0.3 is 15.4 Å². The minimum Gasteiger partial charge on any atom is -0.384 e. The van der Waals surface area contributed by atoms with Crippen LogP contribution in [0.1, 0.15) is 19.8 Å². The van der Waals surface area contributed by atoms with Crippen molar-refractivity contribution in [1.29, 1.82) is 0 Å². The summed E-state index contributed by atoms with van der Waals surface area (Å²) in [5.74, 6) is 0.794. The van der Waals surface area contributed by atoms with E-state index < -0.39 is 0 Å². The van der Waals surface area contributed by atoms with Crippen LogP contribution in [0.3, 0.4) is 0 Å². The van der Waals surface area contributed by atoms with E-state index in [4.69, 9.17) is 4.74 Å². The average Bonchev–Trinajstić information content (AvgIpc) is 2.71. The average molecular weight is 214 g/mol. The number of carbonyl (C=O) groups excluding carboxylic acids is 1. The van der Waals surface area contributed by atoms with Crippen LogP contribution in [0.4, 0.5) is 0 Å². The van der Waals surface area contributed by atoms with Crippen molar-refractivity contribution in [3.63, 3.8) is 0 Å². The lowest BCUT2D eigenvalue weighted by Gasteiger charge is -2.12. The number of rotatable bonds is 6. The van der Waals surface area contributed by atoms with Gasteiger partial charge >= 0.3 is 0 Å². The fourth-order valence-corrected chi connectivity index (χ4v) is 1.86. The Balaban J connectivity index is 2.05. The molecule has 1 rings (SSSR count). The summed E-state index contributed by atoms with van der Waals surface area (Å²) in [5.41, 5.74) is 0. The van der Waals surface area contributed by atoms with Crippen molar-refractivity contribution < 1.29 is 9.53 Å². The van der Waals surface area contributed by atoms with E-state index in [1.807, 2.05) is 6.92 Å². The van der Waals surface area contributed by atoms with Crippen molar-refractivity contribution in [1.82, 2.24) is 10.6 Å². The van der Waals surface area contributed by atoms with Gasteiger partial charge in [-0.2, -0.15) is 0 Å². The summed E-state index contributed by atoms with van der Waals surface area (Å²) in [4.78, 5) is 11.5. The van der Waals surface area contributed by atoms with Crippen LogP contribution >= 0.6 is 0 Å². The van der Waals surface area contributed by atoms with Crippen LogP contribution < -0.4 is 10.6 Å². The maximum atomic E-state index is 11.5. The maximum Gasteiger partial charge on any atom is 0.225 e. The summed E-state index contributed by atoms with van der Waals surface area (Å²) in [6.07, 6.45) is 2.32. The third-order valence-corrected chi connectivity index (χ3v) is 2.88. The predicted molar refractivity (Wildman–Crippen MR) is 59.6 cm³/mol. The first kappa shape index (κ1) is 12.5. The molecule has 1 fully saturated rings. The Labute approximate surface area is 91.8 Å². The van der Waals surface area contributed by atoms with Crippen molar-refractivity contribution in [2.75, 3.05) is 33.4 Å². The molecule has 1 aliphatic rings. The molecule has 1 saturated heterocycles. The van der Waals surface area contributed by atoms with Gasteiger partial charge in [0.1, 0.15) is 0 Å². The van der Waals surface area contributed by atoms with Gasteiger partial charge in [0.05, 0.1) is 12.5 Å². The SMILES string of the molecule is COCC(C)C(=O)NCCC1CCNC1. The molecule has 0 bridgehead atoms. The molecule has 4 nitrogen and oxygen atoms in total. The van der Waals surface area contributed by atoms with Crippen LogP contribution in [0.5, 0.6) is 0 Å². The molecule has 0 aromatic carbocycles. The number of hydrogen-bond donors (Lipinski definition) is 2. The minimum absolute atomic E-state index is 0.0447. The molecule has 0 aromatic heterocycles. The number of ether oxygens (including phenoxy) is 1. The van der Waals surface area contributed by atoms with Gasteiger partial charge in [0, 0.05) is 13.7 Å². The summed E-state index contributed by atoms with van der Waals surface area (Å²) < 4.78 is 4.93. The van der Waals surface area contributed by atoms with Gasteiger partial charge in [-0.1, -0.05) is 6.92 Å². The second-order valence-corrected chi connectivity index (χ2v) is 4.29. The fraction of sp³-hybridized carbons (Fsp3) is 0.909. The zero-order valence-corrected chi connectivity index (χ0v) is 9.71. The molecular formula is C11H22N2O2. The van der Waals surface area contributed by atoms with Crippen LogP contribution in [0.2, 0.25) is 0 Å². The number of amides is 1. The highest BCUT2D eigenvalue weighted by Gasteiger charge is 2.15. The molecule has 1 amide bonds. The lowest BCUT2D eigenvalue weighted by atomic mass is 10.1. The van der Waals surface area contributed by atoms with Crippen LogP contribution in [0, 0.1) is 11.8 Å². The molecule has 2 N–H and O–H groups in total. The van der Waals surface area contributed by atoms with E-state index in [1.54, 1.807) is 7.11 Å². The Morgan fingerprint density at radius 1 is 1.67 bits per heavy atom. The van der Waals surface area contributed by atoms with E-state index in [2.05, 4.69) is 10.6 Å².